The van der Waals surface area contributed by atoms with Crippen LogP contribution in [0.4, 0.5) is 0 Å². The first-order valence-electron chi connectivity index (χ1n) is 12.7. The molecule has 0 saturated carbocycles. The molecule has 5 rings (SSSR count). The third-order valence-electron chi connectivity index (χ3n) is 6.96. The fourth-order valence-corrected chi connectivity index (χ4v) is 5.14. The number of aromatic nitrogens is 1. The van der Waals surface area contributed by atoms with E-state index in [0.29, 0.717) is 12.0 Å². The van der Waals surface area contributed by atoms with E-state index in [-0.39, 0.29) is 18.4 Å². The van der Waals surface area contributed by atoms with Crippen LogP contribution in [0.25, 0.3) is 22.2 Å². The Morgan fingerprint density at radius 1 is 0.944 bits per heavy atom. The highest BCUT2D eigenvalue weighted by Gasteiger charge is 2.22. The summed E-state index contributed by atoms with van der Waals surface area (Å²) >= 11 is 0. The van der Waals surface area contributed by atoms with Crippen LogP contribution in [0.15, 0.2) is 78.9 Å². The number of hydrogen-bond donors (Lipinski definition) is 2. The van der Waals surface area contributed by atoms with Crippen molar-refractivity contribution in [2.75, 3.05) is 0 Å². The molecule has 1 heterocycles. The summed E-state index contributed by atoms with van der Waals surface area (Å²) in [4.78, 5) is 29.1. The number of carbonyl (C=O) groups is 2. The largest absolute Gasteiger partial charge is 0.481 e. The first kappa shape index (κ1) is 23.7. The lowest BCUT2D eigenvalue weighted by Gasteiger charge is -2.26. The van der Waals surface area contributed by atoms with E-state index < -0.39 is 5.97 Å². The molecular formula is C31H30N2O3. The molecule has 1 unspecified atom stereocenters. The van der Waals surface area contributed by atoms with Gasteiger partial charge in [0, 0.05) is 22.9 Å². The van der Waals surface area contributed by atoms with E-state index in [1.807, 2.05) is 54.6 Å². The SMILES string of the molecule is O=C(O)CCCCc1cc2cc(C(=O)NC3CCCc4ccccc43)ccc2nc1-c1ccccc1. The van der Waals surface area contributed by atoms with Gasteiger partial charge in [-0.15, -0.1) is 0 Å². The van der Waals surface area contributed by atoms with E-state index in [2.05, 4.69) is 29.6 Å². The van der Waals surface area contributed by atoms with Gasteiger partial charge in [0.05, 0.1) is 17.3 Å². The monoisotopic (exact) mass is 478 g/mol. The summed E-state index contributed by atoms with van der Waals surface area (Å²) in [6.45, 7) is 0. The molecule has 1 atom stereocenters. The van der Waals surface area contributed by atoms with Gasteiger partial charge in [0.25, 0.3) is 5.91 Å². The predicted molar refractivity (Wildman–Crippen MR) is 142 cm³/mol. The van der Waals surface area contributed by atoms with Crippen LogP contribution in [0.1, 0.15) is 65.2 Å². The van der Waals surface area contributed by atoms with Crippen LogP contribution >= 0.6 is 0 Å². The number of benzene rings is 3. The maximum atomic E-state index is 13.2. The van der Waals surface area contributed by atoms with Crippen molar-refractivity contribution < 1.29 is 14.7 Å². The Bertz CT molecular complexity index is 1400. The van der Waals surface area contributed by atoms with Crippen LogP contribution in [0.3, 0.4) is 0 Å². The summed E-state index contributed by atoms with van der Waals surface area (Å²) in [7, 11) is 0. The van der Waals surface area contributed by atoms with Gasteiger partial charge in [0.2, 0.25) is 0 Å². The first-order valence-corrected chi connectivity index (χ1v) is 12.7. The molecule has 0 spiro atoms. The molecule has 5 nitrogen and oxygen atoms in total. The topological polar surface area (TPSA) is 79.3 Å². The Balaban J connectivity index is 1.42. The minimum atomic E-state index is -0.772. The van der Waals surface area contributed by atoms with Crippen LogP contribution in [-0.2, 0) is 17.6 Å². The van der Waals surface area contributed by atoms with E-state index in [0.717, 1.165) is 59.8 Å². The van der Waals surface area contributed by atoms with Crippen molar-refractivity contribution in [1.82, 2.24) is 10.3 Å². The smallest absolute Gasteiger partial charge is 0.303 e. The summed E-state index contributed by atoms with van der Waals surface area (Å²) in [6.07, 6.45) is 5.35. The molecule has 1 aromatic heterocycles. The predicted octanol–water partition coefficient (Wildman–Crippen LogP) is 6.51. The fourth-order valence-electron chi connectivity index (χ4n) is 5.14. The number of carbonyl (C=O) groups excluding carboxylic acids is 1. The number of carboxylic acids is 1. The Hall–Kier alpha value is -3.99. The standard InChI is InChI=1S/C31H30N2O3/c34-29(35)16-7-5-12-23-19-25-20-24(17-18-27(25)32-30(23)22-10-2-1-3-11-22)31(36)33-28-15-8-13-21-9-4-6-14-26(21)28/h1-4,6,9-11,14,17-20,28H,5,7-8,12-13,15-16H2,(H,33,36)(H,34,35). The number of pyridine rings is 1. The number of amides is 1. The number of aliphatic carboxylic acids is 1. The molecule has 0 fully saturated rings. The number of hydrogen-bond acceptors (Lipinski definition) is 3. The van der Waals surface area contributed by atoms with Crippen molar-refractivity contribution in [2.24, 2.45) is 0 Å². The number of fused-ring (bicyclic) bond motifs is 2. The summed E-state index contributed by atoms with van der Waals surface area (Å²) in [5, 5.41) is 13.2. The second-order valence-electron chi connectivity index (χ2n) is 9.49. The summed E-state index contributed by atoms with van der Waals surface area (Å²) < 4.78 is 0. The average Bonchev–Trinajstić information content (AvgIpc) is 2.91. The Labute approximate surface area is 211 Å². The molecule has 0 bridgehead atoms. The number of rotatable bonds is 8. The van der Waals surface area contributed by atoms with Gasteiger partial charge in [-0.05, 0) is 79.5 Å². The van der Waals surface area contributed by atoms with E-state index in [1.165, 1.54) is 11.1 Å². The van der Waals surface area contributed by atoms with Crippen molar-refractivity contribution >= 4 is 22.8 Å². The molecule has 0 radical (unpaired) electrons. The lowest BCUT2D eigenvalue weighted by molar-refractivity contribution is -0.137. The molecular weight excluding hydrogens is 448 g/mol. The van der Waals surface area contributed by atoms with E-state index in [9.17, 15) is 9.59 Å². The number of nitrogens with one attached hydrogen (secondary N) is 1. The molecule has 182 valence electrons. The Morgan fingerprint density at radius 2 is 1.75 bits per heavy atom. The van der Waals surface area contributed by atoms with Crippen molar-refractivity contribution in [3.63, 3.8) is 0 Å². The van der Waals surface area contributed by atoms with Crippen molar-refractivity contribution in [3.05, 3.63) is 101 Å². The van der Waals surface area contributed by atoms with Gasteiger partial charge in [0.1, 0.15) is 0 Å². The van der Waals surface area contributed by atoms with Crippen molar-refractivity contribution in [3.8, 4) is 11.3 Å². The molecule has 3 aromatic carbocycles. The van der Waals surface area contributed by atoms with Gasteiger partial charge < -0.3 is 10.4 Å². The molecule has 1 aliphatic rings. The number of aryl methyl sites for hydroxylation is 2. The molecule has 5 heteroatoms. The second kappa shape index (κ2) is 10.7. The third-order valence-corrected chi connectivity index (χ3v) is 6.96. The van der Waals surface area contributed by atoms with Crippen molar-refractivity contribution in [1.29, 1.82) is 0 Å². The molecule has 36 heavy (non-hydrogen) atoms. The Morgan fingerprint density at radius 3 is 2.58 bits per heavy atom. The maximum absolute atomic E-state index is 13.2. The normalized spacial score (nSPS) is 14.8. The molecule has 1 amide bonds. The van der Waals surface area contributed by atoms with Crippen molar-refractivity contribution in [2.45, 2.75) is 51.0 Å². The summed E-state index contributed by atoms with van der Waals surface area (Å²) in [5.41, 5.74) is 7.01. The molecule has 1 aliphatic carbocycles. The van der Waals surface area contributed by atoms with Crippen LogP contribution in [-0.4, -0.2) is 22.0 Å². The van der Waals surface area contributed by atoms with Gasteiger partial charge in [-0.25, -0.2) is 4.98 Å². The van der Waals surface area contributed by atoms with Gasteiger partial charge in [-0.1, -0.05) is 54.6 Å². The minimum absolute atomic E-state index is 0.0292. The lowest BCUT2D eigenvalue weighted by Crippen LogP contribution is -2.30. The number of nitrogens with zero attached hydrogens (tertiary/aromatic N) is 1. The van der Waals surface area contributed by atoms with Crippen LogP contribution in [0, 0.1) is 0 Å². The van der Waals surface area contributed by atoms with Crippen LogP contribution in [0.2, 0.25) is 0 Å². The zero-order chi connectivity index (χ0) is 24.9. The van der Waals surface area contributed by atoms with Crippen LogP contribution in [0.5, 0.6) is 0 Å². The van der Waals surface area contributed by atoms with E-state index >= 15 is 0 Å². The zero-order valence-electron chi connectivity index (χ0n) is 20.2. The van der Waals surface area contributed by atoms with E-state index in [1.54, 1.807) is 0 Å². The molecule has 0 saturated heterocycles. The summed E-state index contributed by atoms with van der Waals surface area (Å²) in [5.74, 6) is -0.847. The quantitative estimate of drug-likeness (QED) is 0.283. The second-order valence-corrected chi connectivity index (χ2v) is 9.49. The fraction of sp³-hybridized carbons (Fsp3) is 0.258. The number of unbranched alkanes of at least 4 members (excludes halogenated alkanes) is 1. The lowest BCUT2D eigenvalue weighted by atomic mass is 9.87. The van der Waals surface area contributed by atoms with Gasteiger partial charge >= 0.3 is 5.97 Å². The van der Waals surface area contributed by atoms with Crippen LogP contribution < -0.4 is 5.32 Å². The molecule has 0 aliphatic heterocycles. The first-order chi connectivity index (χ1) is 17.6. The highest BCUT2D eigenvalue weighted by molar-refractivity contribution is 5.98. The molecule has 2 N–H and O–H groups in total. The molecule has 4 aromatic rings. The third kappa shape index (κ3) is 5.30. The van der Waals surface area contributed by atoms with Gasteiger partial charge in [-0.3, -0.25) is 9.59 Å². The zero-order valence-corrected chi connectivity index (χ0v) is 20.2. The van der Waals surface area contributed by atoms with Gasteiger partial charge in [-0.2, -0.15) is 0 Å². The van der Waals surface area contributed by atoms with E-state index in [4.69, 9.17) is 10.1 Å². The Kier molecular flexibility index (Phi) is 7.08. The highest BCUT2D eigenvalue weighted by atomic mass is 16.4. The highest BCUT2D eigenvalue weighted by Crippen LogP contribution is 2.31. The van der Waals surface area contributed by atoms with Gasteiger partial charge in [0.15, 0.2) is 0 Å². The minimum Gasteiger partial charge on any atom is -0.481 e. The average molecular weight is 479 g/mol. The summed E-state index contributed by atoms with van der Waals surface area (Å²) in [6, 6.07) is 26.2. The maximum Gasteiger partial charge on any atom is 0.303 e. The number of carboxylic acid groups (broad SMARTS) is 1.